The summed E-state index contributed by atoms with van der Waals surface area (Å²) in [6, 6.07) is 1.77. The molecule has 1 saturated carbocycles. The SMILES string of the molecule is NC1CCCCC1Nc1nc(-c2ccns2)c2c(c1F)CNC2=O. The summed E-state index contributed by atoms with van der Waals surface area (Å²) in [6.07, 6.45) is 5.64. The summed E-state index contributed by atoms with van der Waals surface area (Å²) < 4.78 is 18.9. The topological polar surface area (TPSA) is 92.9 Å². The van der Waals surface area contributed by atoms with Crippen molar-refractivity contribution in [2.24, 2.45) is 5.73 Å². The van der Waals surface area contributed by atoms with Crippen LogP contribution in [0.1, 0.15) is 41.6 Å². The Balaban J connectivity index is 1.78. The Morgan fingerprint density at radius 3 is 2.96 bits per heavy atom. The van der Waals surface area contributed by atoms with Crippen molar-refractivity contribution in [1.29, 1.82) is 0 Å². The lowest BCUT2D eigenvalue weighted by Crippen LogP contribution is -2.43. The summed E-state index contributed by atoms with van der Waals surface area (Å²) in [6.45, 7) is 0.180. The maximum Gasteiger partial charge on any atom is 0.254 e. The Morgan fingerprint density at radius 2 is 2.21 bits per heavy atom. The molecular weight excluding hydrogens is 329 g/mol. The Kier molecular flexibility index (Phi) is 3.93. The lowest BCUT2D eigenvalue weighted by molar-refractivity contribution is 0.0966. The number of fused-ring (bicyclic) bond motifs is 1. The maximum absolute atomic E-state index is 14.9. The zero-order valence-corrected chi connectivity index (χ0v) is 13.8. The molecule has 3 heterocycles. The Labute approximate surface area is 142 Å². The van der Waals surface area contributed by atoms with E-state index < -0.39 is 5.82 Å². The molecule has 0 saturated heterocycles. The fourth-order valence-electron chi connectivity index (χ4n) is 3.41. The fraction of sp³-hybridized carbons (Fsp3) is 0.438. The molecule has 0 aromatic carbocycles. The predicted molar refractivity (Wildman–Crippen MR) is 90.3 cm³/mol. The number of hydrogen-bond donors (Lipinski definition) is 3. The van der Waals surface area contributed by atoms with E-state index in [2.05, 4.69) is 20.0 Å². The number of carbonyl (C=O) groups is 1. The number of nitrogens with one attached hydrogen (secondary N) is 2. The summed E-state index contributed by atoms with van der Waals surface area (Å²) in [5.74, 6) is -0.578. The highest BCUT2D eigenvalue weighted by atomic mass is 32.1. The highest BCUT2D eigenvalue weighted by molar-refractivity contribution is 7.09. The molecule has 8 heteroatoms. The number of rotatable bonds is 3. The van der Waals surface area contributed by atoms with Gasteiger partial charge in [-0.2, -0.15) is 0 Å². The lowest BCUT2D eigenvalue weighted by Gasteiger charge is -2.30. The minimum Gasteiger partial charge on any atom is -0.363 e. The monoisotopic (exact) mass is 347 g/mol. The van der Waals surface area contributed by atoms with E-state index in [4.69, 9.17) is 5.73 Å². The number of nitrogens with two attached hydrogens (primary N) is 1. The summed E-state index contributed by atoms with van der Waals surface area (Å²) >= 11 is 1.24. The van der Waals surface area contributed by atoms with Crippen molar-refractivity contribution in [3.05, 3.63) is 29.2 Å². The van der Waals surface area contributed by atoms with Crippen LogP contribution in [0, 0.1) is 5.82 Å². The second-order valence-electron chi connectivity index (χ2n) is 6.24. The van der Waals surface area contributed by atoms with Gasteiger partial charge in [-0.1, -0.05) is 12.8 Å². The van der Waals surface area contributed by atoms with Crippen molar-refractivity contribution in [1.82, 2.24) is 14.7 Å². The number of anilines is 1. The number of aromatic nitrogens is 2. The second-order valence-corrected chi connectivity index (χ2v) is 7.07. The van der Waals surface area contributed by atoms with Gasteiger partial charge in [0.05, 0.1) is 16.1 Å². The van der Waals surface area contributed by atoms with E-state index in [0.29, 0.717) is 16.8 Å². The first kappa shape index (κ1) is 15.5. The van der Waals surface area contributed by atoms with Crippen molar-refractivity contribution >= 4 is 23.3 Å². The predicted octanol–water partition coefficient (Wildman–Crippen LogP) is 2.27. The molecule has 1 fully saturated rings. The van der Waals surface area contributed by atoms with Crippen LogP contribution in [0.15, 0.2) is 12.3 Å². The summed E-state index contributed by atoms with van der Waals surface area (Å²) in [7, 11) is 0. The molecule has 2 aromatic heterocycles. The number of pyridine rings is 1. The molecule has 1 amide bonds. The van der Waals surface area contributed by atoms with Crippen LogP contribution >= 0.6 is 11.5 Å². The number of halogens is 1. The molecule has 1 aliphatic carbocycles. The third-order valence-electron chi connectivity index (χ3n) is 4.70. The molecule has 126 valence electrons. The normalized spacial score (nSPS) is 23.0. The van der Waals surface area contributed by atoms with E-state index in [1.807, 2.05) is 0 Å². The van der Waals surface area contributed by atoms with Gasteiger partial charge in [0.1, 0.15) is 0 Å². The van der Waals surface area contributed by atoms with Crippen LogP contribution in [-0.4, -0.2) is 27.3 Å². The zero-order chi connectivity index (χ0) is 16.7. The Bertz CT molecular complexity index is 779. The summed E-state index contributed by atoms with van der Waals surface area (Å²) in [4.78, 5) is 17.3. The second kappa shape index (κ2) is 6.10. The van der Waals surface area contributed by atoms with Crippen LogP contribution in [0.3, 0.4) is 0 Å². The van der Waals surface area contributed by atoms with Crippen molar-refractivity contribution < 1.29 is 9.18 Å². The van der Waals surface area contributed by atoms with Crippen LogP contribution in [0.25, 0.3) is 10.6 Å². The first-order chi connectivity index (χ1) is 11.6. The number of nitrogens with zero attached hydrogens (tertiary/aromatic N) is 2. The molecule has 4 rings (SSSR count). The third-order valence-corrected chi connectivity index (χ3v) is 5.45. The van der Waals surface area contributed by atoms with Crippen molar-refractivity contribution in [2.45, 2.75) is 44.3 Å². The summed E-state index contributed by atoms with van der Waals surface area (Å²) in [5, 5.41) is 5.86. The fourth-order valence-corrected chi connectivity index (χ4v) is 4.00. The third kappa shape index (κ3) is 2.55. The van der Waals surface area contributed by atoms with Crippen molar-refractivity contribution in [3.63, 3.8) is 0 Å². The number of amides is 1. The van der Waals surface area contributed by atoms with E-state index in [1.165, 1.54) is 11.5 Å². The highest BCUT2D eigenvalue weighted by Gasteiger charge is 2.32. The van der Waals surface area contributed by atoms with E-state index in [0.717, 1.165) is 30.6 Å². The Hall–Kier alpha value is -2.06. The number of hydrogen-bond acceptors (Lipinski definition) is 6. The van der Waals surface area contributed by atoms with Crippen molar-refractivity contribution in [2.75, 3.05) is 5.32 Å². The van der Waals surface area contributed by atoms with Crippen LogP contribution in [0.5, 0.6) is 0 Å². The van der Waals surface area contributed by atoms with E-state index in [-0.39, 0.29) is 30.4 Å². The van der Waals surface area contributed by atoms with Gasteiger partial charge in [-0.25, -0.2) is 13.7 Å². The molecule has 0 radical (unpaired) electrons. The average molecular weight is 347 g/mol. The molecule has 2 unspecified atom stereocenters. The largest absolute Gasteiger partial charge is 0.363 e. The van der Waals surface area contributed by atoms with Gasteiger partial charge in [0.2, 0.25) is 0 Å². The van der Waals surface area contributed by atoms with Crippen LogP contribution in [0.4, 0.5) is 10.2 Å². The standard InChI is InChI=1S/C16H18FN5OS/c17-13-8-7-19-16(23)12(8)14(11-5-6-20-24-11)22-15(13)21-10-4-2-1-3-9(10)18/h5-6,9-10H,1-4,7,18H2,(H,19,23)(H,21,22). The van der Waals surface area contributed by atoms with E-state index in [1.54, 1.807) is 12.3 Å². The zero-order valence-electron chi connectivity index (χ0n) is 13.0. The molecule has 6 nitrogen and oxygen atoms in total. The minimum atomic E-state index is -0.464. The molecule has 1 aliphatic heterocycles. The van der Waals surface area contributed by atoms with Crippen LogP contribution in [0.2, 0.25) is 0 Å². The van der Waals surface area contributed by atoms with Gasteiger partial charge >= 0.3 is 0 Å². The molecule has 2 aliphatic rings. The molecule has 0 spiro atoms. The smallest absolute Gasteiger partial charge is 0.254 e. The maximum atomic E-state index is 14.9. The van der Waals surface area contributed by atoms with Crippen molar-refractivity contribution in [3.8, 4) is 10.6 Å². The molecule has 0 bridgehead atoms. The first-order valence-corrected chi connectivity index (χ1v) is 8.86. The average Bonchev–Trinajstić information content (AvgIpc) is 3.23. The highest BCUT2D eigenvalue weighted by Crippen LogP contribution is 2.34. The van der Waals surface area contributed by atoms with Crippen LogP contribution < -0.4 is 16.4 Å². The minimum absolute atomic E-state index is 0.00169. The Morgan fingerprint density at radius 1 is 1.38 bits per heavy atom. The van der Waals surface area contributed by atoms with Gasteiger partial charge < -0.3 is 16.4 Å². The van der Waals surface area contributed by atoms with Gasteiger partial charge in [-0.15, -0.1) is 0 Å². The van der Waals surface area contributed by atoms with E-state index >= 15 is 0 Å². The van der Waals surface area contributed by atoms with Gasteiger partial charge in [0.25, 0.3) is 5.91 Å². The van der Waals surface area contributed by atoms with Gasteiger partial charge in [0, 0.05) is 30.4 Å². The number of carbonyl (C=O) groups excluding carboxylic acids is 1. The first-order valence-electron chi connectivity index (χ1n) is 8.09. The molecule has 2 atom stereocenters. The van der Waals surface area contributed by atoms with Gasteiger partial charge in [-0.3, -0.25) is 4.79 Å². The summed E-state index contributed by atoms with van der Waals surface area (Å²) in [5.41, 5.74) is 7.32. The van der Waals surface area contributed by atoms with Gasteiger partial charge in [-0.05, 0) is 30.4 Å². The molecule has 2 aromatic rings. The molecular formula is C16H18FN5OS. The van der Waals surface area contributed by atoms with E-state index in [9.17, 15) is 9.18 Å². The molecule has 4 N–H and O–H groups in total. The molecule has 24 heavy (non-hydrogen) atoms. The van der Waals surface area contributed by atoms with Crippen LogP contribution in [-0.2, 0) is 6.54 Å². The lowest BCUT2D eigenvalue weighted by atomic mass is 9.91. The van der Waals surface area contributed by atoms with Gasteiger partial charge in [0.15, 0.2) is 11.6 Å². The quantitative estimate of drug-likeness (QED) is 0.792.